The second-order valence-corrected chi connectivity index (χ2v) is 5.03. The van der Waals surface area contributed by atoms with E-state index in [0.717, 1.165) is 30.5 Å². The van der Waals surface area contributed by atoms with Crippen LogP contribution in [0.2, 0.25) is 0 Å². The topological polar surface area (TPSA) is 99.8 Å². The highest BCUT2D eigenvalue weighted by atomic mass is 16.1. The van der Waals surface area contributed by atoms with Crippen LogP contribution in [-0.4, -0.2) is 20.7 Å². The Kier molecular flexibility index (Phi) is 3.23. The Bertz CT molecular complexity index is 662. The van der Waals surface area contributed by atoms with Crippen LogP contribution in [0.15, 0.2) is 18.5 Å². The third-order valence-corrected chi connectivity index (χ3v) is 3.66. The summed E-state index contributed by atoms with van der Waals surface area (Å²) in [5.74, 6) is 0.198. The number of carbonyl (C=O) groups is 1. The van der Waals surface area contributed by atoms with Crippen LogP contribution in [0, 0.1) is 0 Å². The molecule has 104 valence electrons. The Balaban J connectivity index is 2.08. The quantitative estimate of drug-likeness (QED) is 0.858. The monoisotopic (exact) mass is 271 g/mol. The first-order valence-corrected chi connectivity index (χ1v) is 6.75. The van der Waals surface area contributed by atoms with Gasteiger partial charge >= 0.3 is 0 Å². The number of amides is 1. The number of fused-ring (bicyclic) bond motifs is 1. The molecule has 0 bridgehead atoms. The number of nitrogens with zero attached hydrogens (tertiary/aromatic N) is 3. The SMILES string of the molecule is NCc1cc2c(nc1-n1cc(C(N)=O)cn1)CCCC2. The minimum Gasteiger partial charge on any atom is -0.366 e. The lowest BCUT2D eigenvalue weighted by atomic mass is 9.95. The van der Waals surface area contributed by atoms with E-state index in [0.29, 0.717) is 17.9 Å². The van der Waals surface area contributed by atoms with E-state index in [1.54, 1.807) is 10.9 Å². The molecule has 4 N–H and O–H groups in total. The Hall–Kier alpha value is -2.21. The van der Waals surface area contributed by atoms with Gasteiger partial charge in [-0.2, -0.15) is 5.10 Å². The van der Waals surface area contributed by atoms with Crippen molar-refractivity contribution in [1.29, 1.82) is 0 Å². The number of nitrogens with two attached hydrogens (primary N) is 2. The van der Waals surface area contributed by atoms with Crippen molar-refractivity contribution < 1.29 is 4.79 Å². The Labute approximate surface area is 116 Å². The Morgan fingerprint density at radius 2 is 2.15 bits per heavy atom. The lowest BCUT2D eigenvalue weighted by molar-refractivity contribution is 0.100. The zero-order chi connectivity index (χ0) is 14.1. The molecule has 3 rings (SSSR count). The summed E-state index contributed by atoms with van der Waals surface area (Å²) in [4.78, 5) is 15.9. The molecule has 0 saturated carbocycles. The van der Waals surface area contributed by atoms with Crippen molar-refractivity contribution in [2.24, 2.45) is 11.5 Å². The summed E-state index contributed by atoms with van der Waals surface area (Å²) in [6.07, 6.45) is 7.44. The molecule has 2 aromatic rings. The molecular formula is C14H17N5O. The van der Waals surface area contributed by atoms with Crippen molar-refractivity contribution in [3.63, 3.8) is 0 Å². The summed E-state index contributed by atoms with van der Waals surface area (Å²) >= 11 is 0. The number of hydrogen-bond donors (Lipinski definition) is 2. The summed E-state index contributed by atoms with van der Waals surface area (Å²) in [6.45, 7) is 0.390. The van der Waals surface area contributed by atoms with E-state index in [9.17, 15) is 4.79 Å². The number of pyridine rings is 1. The third kappa shape index (κ3) is 2.18. The van der Waals surface area contributed by atoms with Gasteiger partial charge in [-0.15, -0.1) is 0 Å². The predicted molar refractivity (Wildman–Crippen MR) is 74.4 cm³/mol. The van der Waals surface area contributed by atoms with Crippen molar-refractivity contribution in [1.82, 2.24) is 14.8 Å². The summed E-state index contributed by atoms with van der Waals surface area (Å²) in [5.41, 5.74) is 14.8. The molecule has 0 atom stereocenters. The molecule has 0 aromatic carbocycles. The van der Waals surface area contributed by atoms with Gasteiger partial charge in [0.2, 0.25) is 0 Å². The van der Waals surface area contributed by atoms with Crippen molar-refractivity contribution in [3.8, 4) is 5.82 Å². The van der Waals surface area contributed by atoms with Gasteiger partial charge in [0.15, 0.2) is 5.82 Å². The highest BCUT2D eigenvalue weighted by Gasteiger charge is 2.16. The number of aryl methyl sites for hydroxylation is 2. The molecule has 2 aromatic heterocycles. The van der Waals surface area contributed by atoms with Crippen molar-refractivity contribution in [2.75, 3.05) is 0 Å². The average Bonchev–Trinajstić information content (AvgIpc) is 2.95. The molecule has 0 unspecified atom stereocenters. The minimum atomic E-state index is -0.497. The number of primary amides is 1. The van der Waals surface area contributed by atoms with Gasteiger partial charge in [-0.1, -0.05) is 0 Å². The molecule has 2 heterocycles. The zero-order valence-electron chi connectivity index (χ0n) is 11.2. The number of aromatic nitrogens is 3. The molecule has 0 aliphatic heterocycles. The fourth-order valence-corrected chi connectivity index (χ4v) is 2.58. The van der Waals surface area contributed by atoms with Gasteiger partial charge in [0.25, 0.3) is 5.91 Å². The smallest absolute Gasteiger partial charge is 0.251 e. The van der Waals surface area contributed by atoms with E-state index in [2.05, 4.69) is 11.2 Å². The lowest BCUT2D eigenvalue weighted by Gasteiger charge is -2.18. The van der Waals surface area contributed by atoms with Crippen LogP contribution >= 0.6 is 0 Å². The zero-order valence-corrected chi connectivity index (χ0v) is 11.2. The second kappa shape index (κ2) is 5.05. The Morgan fingerprint density at radius 3 is 2.85 bits per heavy atom. The van der Waals surface area contributed by atoms with Crippen molar-refractivity contribution in [2.45, 2.75) is 32.2 Å². The van der Waals surface area contributed by atoms with Gasteiger partial charge in [-0.25, -0.2) is 9.67 Å². The van der Waals surface area contributed by atoms with E-state index in [-0.39, 0.29) is 0 Å². The molecule has 1 aliphatic rings. The molecule has 0 radical (unpaired) electrons. The van der Waals surface area contributed by atoms with Crippen LogP contribution in [0.3, 0.4) is 0 Å². The molecule has 20 heavy (non-hydrogen) atoms. The minimum absolute atomic E-state index is 0.368. The van der Waals surface area contributed by atoms with Gasteiger partial charge in [0.05, 0.1) is 11.8 Å². The first-order valence-electron chi connectivity index (χ1n) is 6.75. The normalized spacial score (nSPS) is 14.1. The molecule has 1 aliphatic carbocycles. The van der Waals surface area contributed by atoms with Gasteiger partial charge in [-0.3, -0.25) is 4.79 Å². The molecule has 1 amide bonds. The maximum atomic E-state index is 11.2. The van der Waals surface area contributed by atoms with Gasteiger partial charge in [-0.05, 0) is 37.3 Å². The first-order chi connectivity index (χ1) is 9.69. The van der Waals surface area contributed by atoms with E-state index in [1.807, 2.05) is 0 Å². The van der Waals surface area contributed by atoms with Crippen LogP contribution in [-0.2, 0) is 19.4 Å². The van der Waals surface area contributed by atoms with Gasteiger partial charge < -0.3 is 11.5 Å². The van der Waals surface area contributed by atoms with E-state index in [4.69, 9.17) is 16.5 Å². The first kappa shape index (κ1) is 12.8. The van der Waals surface area contributed by atoms with Crippen molar-refractivity contribution in [3.05, 3.63) is 40.8 Å². The van der Waals surface area contributed by atoms with Crippen molar-refractivity contribution >= 4 is 5.91 Å². The molecule has 0 fully saturated rings. The maximum Gasteiger partial charge on any atom is 0.251 e. The lowest BCUT2D eigenvalue weighted by Crippen LogP contribution is -2.14. The standard InChI is InChI=1S/C14H17N5O/c15-6-10-5-9-3-1-2-4-12(9)18-14(10)19-8-11(7-17-19)13(16)20/h5,7-8H,1-4,6,15H2,(H2,16,20). The fourth-order valence-electron chi connectivity index (χ4n) is 2.58. The van der Waals surface area contributed by atoms with Gasteiger partial charge in [0, 0.05) is 24.0 Å². The average molecular weight is 271 g/mol. The van der Waals surface area contributed by atoms with E-state index >= 15 is 0 Å². The van der Waals surface area contributed by atoms with Crippen LogP contribution in [0.25, 0.3) is 5.82 Å². The molecule has 6 heteroatoms. The number of carbonyl (C=O) groups excluding carboxylic acids is 1. The second-order valence-electron chi connectivity index (χ2n) is 5.03. The van der Waals surface area contributed by atoms with Gasteiger partial charge in [0.1, 0.15) is 0 Å². The number of rotatable bonds is 3. The summed E-state index contributed by atoms with van der Waals surface area (Å²) in [5, 5.41) is 4.16. The van der Waals surface area contributed by atoms with E-state index < -0.39 is 5.91 Å². The largest absolute Gasteiger partial charge is 0.366 e. The highest BCUT2D eigenvalue weighted by molar-refractivity contribution is 5.92. The highest BCUT2D eigenvalue weighted by Crippen LogP contribution is 2.23. The van der Waals surface area contributed by atoms with E-state index in [1.165, 1.54) is 18.2 Å². The summed E-state index contributed by atoms with van der Waals surface area (Å²) < 4.78 is 1.58. The molecule has 0 spiro atoms. The Morgan fingerprint density at radius 1 is 1.35 bits per heavy atom. The number of hydrogen-bond acceptors (Lipinski definition) is 4. The predicted octanol–water partition coefficient (Wildman–Crippen LogP) is 0.704. The maximum absolute atomic E-state index is 11.2. The van der Waals surface area contributed by atoms with Crippen LogP contribution in [0.5, 0.6) is 0 Å². The molecular weight excluding hydrogens is 254 g/mol. The third-order valence-electron chi connectivity index (χ3n) is 3.66. The molecule has 0 saturated heterocycles. The van der Waals surface area contributed by atoms with Crippen LogP contribution in [0.4, 0.5) is 0 Å². The summed E-state index contributed by atoms with van der Waals surface area (Å²) in [6, 6.07) is 2.11. The molecule has 6 nitrogen and oxygen atoms in total. The fraction of sp³-hybridized carbons (Fsp3) is 0.357. The van der Waals surface area contributed by atoms with Crippen LogP contribution < -0.4 is 11.5 Å². The van der Waals surface area contributed by atoms with Crippen LogP contribution in [0.1, 0.15) is 40.0 Å². The summed E-state index contributed by atoms with van der Waals surface area (Å²) in [7, 11) is 0.